The van der Waals surface area contributed by atoms with Crippen LogP contribution in [0.4, 0.5) is 5.82 Å². The molecule has 1 heterocycles. The van der Waals surface area contributed by atoms with Gasteiger partial charge in [0.05, 0.1) is 5.56 Å². The molecule has 1 fully saturated rings. The van der Waals surface area contributed by atoms with Crippen LogP contribution in [0.5, 0.6) is 0 Å². The van der Waals surface area contributed by atoms with E-state index in [1.807, 2.05) is 0 Å². The van der Waals surface area contributed by atoms with Gasteiger partial charge in [0, 0.05) is 19.3 Å². The molecule has 4 nitrogen and oxygen atoms in total. The van der Waals surface area contributed by atoms with E-state index in [1.165, 1.54) is 12.8 Å². The van der Waals surface area contributed by atoms with Gasteiger partial charge in [-0.25, -0.2) is 4.98 Å². The van der Waals surface area contributed by atoms with Crippen molar-refractivity contribution in [2.24, 2.45) is 5.41 Å². The highest BCUT2D eigenvalue weighted by atomic mass is 16.1. The Labute approximate surface area is 115 Å². The summed E-state index contributed by atoms with van der Waals surface area (Å²) >= 11 is 0. The van der Waals surface area contributed by atoms with Gasteiger partial charge in [0.25, 0.3) is 5.91 Å². The summed E-state index contributed by atoms with van der Waals surface area (Å²) in [5, 5.41) is 6.08. The van der Waals surface area contributed by atoms with Crippen molar-refractivity contribution < 1.29 is 4.79 Å². The van der Waals surface area contributed by atoms with E-state index in [-0.39, 0.29) is 5.91 Å². The Balaban J connectivity index is 1.98. The number of hydrogen-bond acceptors (Lipinski definition) is 3. The van der Waals surface area contributed by atoms with E-state index in [0.717, 1.165) is 12.8 Å². The number of carbonyl (C=O) groups is 1. The molecule has 19 heavy (non-hydrogen) atoms. The van der Waals surface area contributed by atoms with E-state index >= 15 is 0 Å². The lowest BCUT2D eigenvalue weighted by atomic mass is 9.75. The molecular weight excluding hydrogens is 238 g/mol. The molecule has 2 rings (SSSR count). The van der Waals surface area contributed by atoms with E-state index in [4.69, 9.17) is 0 Å². The molecule has 1 saturated carbocycles. The van der Waals surface area contributed by atoms with Gasteiger partial charge < -0.3 is 10.6 Å². The molecule has 1 aromatic rings. The van der Waals surface area contributed by atoms with Gasteiger partial charge in [-0.15, -0.1) is 0 Å². The third-order valence-electron chi connectivity index (χ3n) is 3.96. The van der Waals surface area contributed by atoms with Gasteiger partial charge in [0.2, 0.25) is 0 Å². The molecule has 104 valence electrons. The molecule has 0 aliphatic heterocycles. The second-order valence-corrected chi connectivity index (χ2v) is 6.06. The van der Waals surface area contributed by atoms with Crippen molar-refractivity contribution in [3.8, 4) is 0 Å². The van der Waals surface area contributed by atoms with Crippen LogP contribution >= 0.6 is 0 Å². The second kappa shape index (κ2) is 5.59. The summed E-state index contributed by atoms with van der Waals surface area (Å²) < 4.78 is 0. The molecule has 4 heteroatoms. The lowest BCUT2D eigenvalue weighted by Crippen LogP contribution is -2.39. The minimum atomic E-state index is -0.0258. The molecule has 0 saturated heterocycles. The summed E-state index contributed by atoms with van der Waals surface area (Å²) in [5.41, 5.74) is 1.04. The maximum atomic E-state index is 12.3. The highest BCUT2D eigenvalue weighted by Gasteiger charge is 2.28. The fourth-order valence-corrected chi connectivity index (χ4v) is 2.59. The quantitative estimate of drug-likeness (QED) is 0.879. The largest absolute Gasteiger partial charge is 0.372 e. The number of rotatable bonds is 3. The summed E-state index contributed by atoms with van der Waals surface area (Å²) in [6, 6.07) is 3.89. The van der Waals surface area contributed by atoms with Gasteiger partial charge in [-0.1, -0.05) is 13.8 Å². The van der Waals surface area contributed by atoms with Gasteiger partial charge in [0.1, 0.15) is 5.82 Å². The zero-order valence-corrected chi connectivity index (χ0v) is 12.0. The average Bonchev–Trinajstić information content (AvgIpc) is 2.41. The number of nitrogens with one attached hydrogen (secondary N) is 2. The topological polar surface area (TPSA) is 54.0 Å². The van der Waals surface area contributed by atoms with Crippen molar-refractivity contribution in [1.82, 2.24) is 10.3 Å². The predicted octanol–water partition coefficient (Wildman–Crippen LogP) is 2.82. The van der Waals surface area contributed by atoms with Crippen molar-refractivity contribution in [2.75, 3.05) is 12.4 Å². The van der Waals surface area contributed by atoms with E-state index in [9.17, 15) is 4.79 Å². The highest BCUT2D eigenvalue weighted by Crippen LogP contribution is 2.35. The third-order valence-corrected chi connectivity index (χ3v) is 3.96. The van der Waals surface area contributed by atoms with E-state index < -0.39 is 0 Å². The average molecular weight is 261 g/mol. The Morgan fingerprint density at radius 1 is 1.37 bits per heavy atom. The van der Waals surface area contributed by atoms with E-state index in [0.29, 0.717) is 22.8 Å². The number of hydrogen-bond donors (Lipinski definition) is 2. The van der Waals surface area contributed by atoms with Gasteiger partial charge in [0.15, 0.2) is 0 Å². The number of nitrogens with zero attached hydrogens (tertiary/aromatic N) is 1. The Morgan fingerprint density at radius 2 is 2.05 bits per heavy atom. The minimum Gasteiger partial charge on any atom is -0.372 e. The van der Waals surface area contributed by atoms with Crippen LogP contribution in [0, 0.1) is 5.41 Å². The molecular formula is C15H23N3O. The summed E-state index contributed by atoms with van der Waals surface area (Å²) in [5.74, 6) is 0.610. The monoisotopic (exact) mass is 261 g/mol. The normalized spacial score (nSPS) is 18.9. The molecule has 0 spiro atoms. The molecule has 0 radical (unpaired) electrons. The van der Waals surface area contributed by atoms with Crippen LogP contribution in [0.15, 0.2) is 18.3 Å². The first-order valence-corrected chi connectivity index (χ1v) is 6.95. The molecule has 1 aromatic heterocycles. The standard InChI is InChI=1S/C15H23N3O/c1-15(2)8-6-11(7-9-15)18-14(19)12-5-4-10-17-13(12)16-3/h4-5,10-11H,6-9H2,1-3H3,(H,16,17)(H,18,19). The molecule has 0 aromatic carbocycles. The first kappa shape index (κ1) is 13.8. The molecule has 0 bridgehead atoms. The molecule has 2 N–H and O–H groups in total. The van der Waals surface area contributed by atoms with Crippen LogP contribution in [-0.4, -0.2) is 24.0 Å². The molecule has 1 amide bonds. The smallest absolute Gasteiger partial charge is 0.255 e. The molecule has 0 atom stereocenters. The lowest BCUT2D eigenvalue weighted by Gasteiger charge is -2.34. The summed E-state index contributed by atoms with van der Waals surface area (Å²) in [6.45, 7) is 4.59. The van der Waals surface area contributed by atoms with Crippen molar-refractivity contribution in [2.45, 2.75) is 45.6 Å². The first-order valence-electron chi connectivity index (χ1n) is 6.95. The Hall–Kier alpha value is -1.58. The first-order chi connectivity index (χ1) is 9.02. The maximum absolute atomic E-state index is 12.3. The Bertz CT molecular complexity index is 446. The van der Waals surface area contributed by atoms with Crippen LogP contribution in [0.1, 0.15) is 49.9 Å². The zero-order chi connectivity index (χ0) is 13.9. The Morgan fingerprint density at radius 3 is 2.68 bits per heavy atom. The molecule has 0 unspecified atom stereocenters. The number of anilines is 1. The van der Waals surface area contributed by atoms with Crippen LogP contribution in [-0.2, 0) is 0 Å². The summed E-state index contributed by atoms with van der Waals surface area (Å²) in [6.07, 6.45) is 6.15. The minimum absolute atomic E-state index is 0.0258. The maximum Gasteiger partial charge on any atom is 0.255 e. The van der Waals surface area contributed by atoms with Crippen molar-refractivity contribution in [3.05, 3.63) is 23.9 Å². The van der Waals surface area contributed by atoms with Crippen LogP contribution in [0.2, 0.25) is 0 Å². The van der Waals surface area contributed by atoms with Crippen molar-refractivity contribution in [3.63, 3.8) is 0 Å². The lowest BCUT2D eigenvalue weighted by molar-refractivity contribution is 0.0909. The van der Waals surface area contributed by atoms with Crippen LogP contribution < -0.4 is 10.6 Å². The Kier molecular flexibility index (Phi) is 4.08. The predicted molar refractivity (Wildman–Crippen MR) is 77.3 cm³/mol. The SMILES string of the molecule is CNc1ncccc1C(=O)NC1CCC(C)(C)CC1. The number of aromatic nitrogens is 1. The summed E-state index contributed by atoms with van der Waals surface area (Å²) in [7, 11) is 1.78. The highest BCUT2D eigenvalue weighted by molar-refractivity contribution is 5.98. The molecule has 1 aliphatic rings. The van der Waals surface area contributed by atoms with E-state index in [1.54, 1.807) is 25.4 Å². The van der Waals surface area contributed by atoms with Gasteiger partial charge in [-0.05, 0) is 43.2 Å². The van der Waals surface area contributed by atoms with Crippen LogP contribution in [0.3, 0.4) is 0 Å². The van der Waals surface area contributed by atoms with Gasteiger partial charge >= 0.3 is 0 Å². The number of pyridine rings is 1. The fourth-order valence-electron chi connectivity index (χ4n) is 2.59. The van der Waals surface area contributed by atoms with Gasteiger partial charge in [-0.3, -0.25) is 4.79 Å². The molecule has 1 aliphatic carbocycles. The van der Waals surface area contributed by atoms with Crippen molar-refractivity contribution in [1.29, 1.82) is 0 Å². The van der Waals surface area contributed by atoms with E-state index in [2.05, 4.69) is 29.5 Å². The summed E-state index contributed by atoms with van der Waals surface area (Å²) in [4.78, 5) is 16.4. The fraction of sp³-hybridized carbons (Fsp3) is 0.600. The second-order valence-electron chi connectivity index (χ2n) is 6.06. The van der Waals surface area contributed by atoms with Crippen molar-refractivity contribution >= 4 is 11.7 Å². The number of carbonyl (C=O) groups excluding carboxylic acids is 1. The number of amides is 1. The zero-order valence-electron chi connectivity index (χ0n) is 12.0. The van der Waals surface area contributed by atoms with Gasteiger partial charge in [-0.2, -0.15) is 0 Å². The van der Waals surface area contributed by atoms with Crippen LogP contribution in [0.25, 0.3) is 0 Å². The third kappa shape index (κ3) is 3.46.